The number of ketones is 1. The molecule has 1 aromatic carbocycles. The number of fused-ring (bicyclic) bond motifs is 5. The van der Waals surface area contributed by atoms with Gasteiger partial charge in [0.15, 0.2) is 6.29 Å². The summed E-state index contributed by atoms with van der Waals surface area (Å²) in [6.45, 7) is 7.34. The predicted molar refractivity (Wildman–Crippen MR) is 160 cm³/mol. The zero-order valence-corrected chi connectivity index (χ0v) is 26.5. The van der Waals surface area contributed by atoms with E-state index in [1.807, 2.05) is 19.9 Å². The molecule has 1 aromatic rings. The van der Waals surface area contributed by atoms with Gasteiger partial charge >= 0.3 is 5.97 Å². The molecule has 3 saturated carbocycles. The van der Waals surface area contributed by atoms with Gasteiger partial charge in [-0.25, -0.2) is 4.79 Å². The molecule has 4 aliphatic carbocycles. The number of aliphatic hydroxyl groups excluding tert-OH is 1. The van der Waals surface area contributed by atoms with E-state index in [-0.39, 0.29) is 30.8 Å². The highest BCUT2D eigenvalue weighted by atomic mass is 16.7. The first kappa shape index (κ1) is 31.8. The second-order valence-corrected chi connectivity index (χ2v) is 14.4. The third kappa shape index (κ3) is 4.64. The van der Waals surface area contributed by atoms with E-state index in [4.69, 9.17) is 18.9 Å². The minimum Gasteiger partial charge on any atom is -0.458 e. The monoisotopic (exact) mass is 612 g/mol. The van der Waals surface area contributed by atoms with Crippen LogP contribution < -0.4 is 0 Å². The van der Waals surface area contributed by atoms with Crippen molar-refractivity contribution >= 4 is 11.8 Å². The molecule has 9 nitrogen and oxygen atoms in total. The molecule has 4 fully saturated rings. The minimum absolute atomic E-state index is 0.0652. The quantitative estimate of drug-likeness (QED) is 0.321. The van der Waals surface area contributed by atoms with Gasteiger partial charge in [0.2, 0.25) is 0 Å². The summed E-state index contributed by atoms with van der Waals surface area (Å²) in [7, 11) is 1.58. The average molecular weight is 613 g/mol. The third-order valence-corrected chi connectivity index (χ3v) is 12.5. The average Bonchev–Trinajstić information content (AvgIpc) is 3.29. The summed E-state index contributed by atoms with van der Waals surface area (Å²) in [5, 5.41) is 35.7. The SMILES string of the molecule is CO[C@@H]1C[C@H](O[C@H]2CC[C@@]3(C)C(=CC[C@]4(O)[C@@H]3C[C@@H](OC(=O)c3ccccc3)[C@]3(C)[C@@H](C(C)=O)CC[C@@]34O)C2)O[C@H](C)[C@H]1O. The number of carbonyl (C=O) groups excluding carboxylic acids is 2. The van der Waals surface area contributed by atoms with Crippen LogP contribution in [0.5, 0.6) is 0 Å². The largest absolute Gasteiger partial charge is 0.458 e. The van der Waals surface area contributed by atoms with Gasteiger partial charge in [0.1, 0.15) is 29.2 Å². The summed E-state index contributed by atoms with van der Waals surface area (Å²) in [6, 6.07) is 8.78. The predicted octanol–water partition coefficient (Wildman–Crippen LogP) is 4.12. The second kappa shape index (κ2) is 11.3. The van der Waals surface area contributed by atoms with Gasteiger partial charge in [0.25, 0.3) is 0 Å². The Balaban J connectivity index is 1.29. The first-order valence-corrected chi connectivity index (χ1v) is 16.2. The molecule has 12 atom stereocenters. The lowest BCUT2D eigenvalue weighted by molar-refractivity contribution is -0.299. The van der Waals surface area contributed by atoms with Crippen molar-refractivity contribution in [1.29, 1.82) is 0 Å². The lowest BCUT2D eigenvalue weighted by Crippen LogP contribution is -2.75. The fourth-order valence-corrected chi connectivity index (χ4v) is 9.85. The Morgan fingerprint density at radius 2 is 1.77 bits per heavy atom. The number of methoxy groups -OCH3 is 1. The van der Waals surface area contributed by atoms with Gasteiger partial charge in [-0.1, -0.05) is 43.7 Å². The topological polar surface area (TPSA) is 132 Å². The van der Waals surface area contributed by atoms with E-state index in [1.54, 1.807) is 31.4 Å². The van der Waals surface area contributed by atoms with Gasteiger partial charge in [-0.3, -0.25) is 4.79 Å². The molecule has 0 radical (unpaired) electrons. The van der Waals surface area contributed by atoms with Crippen molar-refractivity contribution in [2.75, 3.05) is 7.11 Å². The molecule has 0 aromatic heterocycles. The number of benzene rings is 1. The molecule has 3 N–H and O–H groups in total. The second-order valence-electron chi connectivity index (χ2n) is 14.4. The molecule has 0 amide bonds. The Hall–Kier alpha value is -2.14. The van der Waals surface area contributed by atoms with E-state index in [1.165, 1.54) is 6.92 Å². The number of aliphatic hydroxyl groups is 3. The Morgan fingerprint density at radius 3 is 2.45 bits per heavy atom. The third-order valence-electron chi connectivity index (χ3n) is 12.5. The molecule has 0 bridgehead atoms. The van der Waals surface area contributed by atoms with Crippen LogP contribution in [-0.4, -0.2) is 82.2 Å². The number of ether oxygens (including phenoxy) is 4. The van der Waals surface area contributed by atoms with E-state index in [9.17, 15) is 24.9 Å². The summed E-state index contributed by atoms with van der Waals surface area (Å²) in [6.07, 6.45) is 3.03. The summed E-state index contributed by atoms with van der Waals surface area (Å²) in [5.74, 6) is -1.49. The fraction of sp³-hybridized carbons (Fsp3) is 0.714. The van der Waals surface area contributed by atoms with E-state index in [0.717, 1.165) is 12.0 Å². The molecule has 9 heteroatoms. The van der Waals surface area contributed by atoms with Crippen LogP contribution in [0.25, 0.3) is 0 Å². The Kier molecular flexibility index (Phi) is 8.16. The van der Waals surface area contributed by atoms with Crippen LogP contribution in [0.2, 0.25) is 0 Å². The highest BCUT2D eigenvalue weighted by Gasteiger charge is 2.77. The molecular formula is C35H48O9. The molecule has 1 heterocycles. The molecule has 0 spiro atoms. The zero-order chi connectivity index (χ0) is 31.7. The molecule has 6 rings (SSSR count). The minimum atomic E-state index is -1.62. The highest BCUT2D eigenvalue weighted by Crippen LogP contribution is 2.70. The molecule has 44 heavy (non-hydrogen) atoms. The van der Waals surface area contributed by atoms with E-state index >= 15 is 0 Å². The van der Waals surface area contributed by atoms with Crippen LogP contribution in [0.4, 0.5) is 0 Å². The fourth-order valence-electron chi connectivity index (χ4n) is 9.85. The number of rotatable bonds is 6. The van der Waals surface area contributed by atoms with Gasteiger partial charge < -0.3 is 34.3 Å². The first-order chi connectivity index (χ1) is 20.8. The summed E-state index contributed by atoms with van der Waals surface area (Å²) in [5.41, 5.74) is -3.15. The van der Waals surface area contributed by atoms with E-state index in [0.29, 0.717) is 37.7 Å². The normalized spacial score (nSPS) is 46.7. The lowest BCUT2D eigenvalue weighted by atomic mass is 9.43. The maximum Gasteiger partial charge on any atom is 0.338 e. The van der Waals surface area contributed by atoms with Crippen LogP contribution in [0.1, 0.15) is 89.4 Å². The van der Waals surface area contributed by atoms with Gasteiger partial charge in [-0.05, 0) is 76.3 Å². The number of hydrogen-bond acceptors (Lipinski definition) is 9. The molecular weight excluding hydrogens is 564 g/mol. The first-order valence-electron chi connectivity index (χ1n) is 16.2. The molecule has 0 unspecified atom stereocenters. The van der Waals surface area contributed by atoms with Gasteiger partial charge in [0, 0.05) is 30.8 Å². The maximum atomic E-state index is 13.4. The summed E-state index contributed by atoms with van der Waals surface area (Å²) in [4.78, 5) is 26.4. The van der Waals surface area contributed by atoms with E-state index < -0.39 is 64.4 Å². The number of carbonyl (C=O) groups is 2. The van der Waals surface area contributed by atoms with E-state index in [2.05, 4.69) is 13.0 Å². The molecule has 1 aliphatic heterocycles. The van der Waals surface area contributed by atoms with Crippen LogP contribution in [0.3, 0.4) is 0 Å². The summed E-state index contributed by atoms with van der Waals surface area (Å²) >= 11 is 0. The lowest BCUT2D eigenvalue weighted by Gasteiger charge is -2.66. The van der Waals surface area contributed by atoms with Crippen molar-refractivity contribution in [3.8, 4) is 0 Å². The van der Waals surface area contributed by atoms with Crippen molar-refractivity contribution in [3.63, 3.8) is 0 Å². The van der Waals surface area contributed by atoms with Gasteiger partial charge in [-0.2, -0.15) is 0 Å². The van der Waals surface area contributed by atoms with Crippen molar-refractivity contribution < 1.29 is 43.9 Å². The molecule has 5 aliphatic rings. The Labute approximate surface area is 259 Å². The standard InChI is InChI=1S/C35H48O9/c1-20(36)25-13-16-35(40)33(25,4)28(44-31(38)22-9-7-6-8-10-22)19-27-32(3)14-12-24(17-23(32)11-15-34(27,35)39)43-29-18-26(41-5)30(37)21(2)42-29/h6-11,21,24-30,37,39-40H,12-19H2,1-5H3/t21-,24+,25-,26-,27-,28-,29+,30-,32+,33+,34+,35-/m1/s1. The zero-order valence-electron chi connectivity index (χ0n) is 26.5. The van der Waals surface area contributed by atoms with Crippen LogP contribution in [0, 0.1) is 22.7 Å². The highest BCUT2D eigenvalue weighted by molar-refractivity contribution is 5.89. The Bertz CT molecular complexity index is 1300. The number of esters is 1. The van der Waals surface area contributed by atoms with Crippen molar-refractivity contribution in [1.82, 2.24) is 0 Å². The van der Waals surface area contributed by atoms with Crippen LogP contribution >= 0.6 is 0 Å². The maximum absolute atomic E-state index is 13.4. The van der Waals surface area contributed by atoms with Gasteiger partial charge in [-0.15, -0.1) is 0 Å². The number of hydrogen-bond donors (Lipinski definition) is 3. The molecule has 242 valence electrons. The number of Topliss-reactive ketones (excluding diaryl/α,β-unsaturated/α-hetero) is 1. The van der Waals surface area contributed by atoms with Crippen molar-refractivity contribution in [2.24, 2.45) is 22.7 Å². The Morgan fingerprint density at radius 1 is 1.05 bits per heavy atom. The van der Waals surface area contributed by atoms with Crippen molar-refractivity contribution in [2.45, 2.75) is 127 Å². The van der Waals surface area contributed by atoms with Crippen LogP contribution in [0.15, 0.2) is 42.0 Å². The van der Waals surface area contributed by atoms with Gasteiger partial charge in [0.05, 0.1) is 23.9 Å². The summed E-state index contributed by atoms with van der Waals surface area (Å²) < 4.78 is 24.1. The smallest absolute Gasteiger partial charge is 0.338 e. The van der Waals surface area contributed by atoms with Crippen molar-refractivity contribution in [3.05, 3.63) is 47.5 Å². The molecule has 1 saturated heterocycles. The van der Waals surface area contributed by atoms with Crippen LogP contribution in [-0.2, 0) is 23.7 Å².